The molecule has 0 saturated carbocycles. The maximum atomic E-state index is 13.9. The quantitative estimate of drug-likeness (QED) is 0.671. The Morgan fingerprint density at radius 1 is 1.06 bits per heavy atom. The summed E-state index contributed by atoms with van der Waals surface area (Å²) in [6.45, 7) is 9.39. The van der Waals surface area contributed by atoms with E-state index in [0.717, 1.165) is 11.3 Å². The molecular formula is C25H31FN6O3. The summed E-state index contributed by atoms with van der Waals surface area (Å²) in [5.41, 5.74) is 2.42. The first-order valence-electron chi connectivity index (χ1n) is 11.9. The van der Waals surface area contributed by atoms with Gasteiger partial charge in [0.1, 0.15) is 17.7 Å². The van der Waals surface area contributed by atoms with Gasteiger partial charge in [-0.2, -0.15) is 5.26 Å². The number of nitriles is 1. The SMILES string of the molecule is Cc1c(C#N)c(NC(=O)CN2CCN(CC(=O)N3CCOCC3)CC2)n(-c2cccc(F)c2)c1C. The largest absolute Gasteiger partial charge is 0.378 e. The second kappa shape index (κ2) is 11.0. The van der Waals surface area contributed by atoms with Gasteiger partial charge in [-0.25, -0.2) is 4.39 Å². The summed E-state index contributed by atoms with van der Waals surface area (Å²) in [7, 11) is 0. The Morgan fingerprint density at radius 2 is 1.71 bits per heavy atom. The zero-order valence-corrected chi connectivity index (χ0v) is 20.2. The van der Waals surface area contributed by atoms with E-state index in [4.69, 9.17) is 4.74 Å². The molecule has 1 aromatic carbocycles. The number of morpholine rings is 1. The second-order valence-corrected chi connectivity index (χ2v) is 8.95. The smallest absolute Gasteiger partial charge is 0.239 e. The number of carbonyl (C=O) groups is 2. The fraction of sp³-hybridized carbons (Fsp3) is 0.480. The lowest BCUT2D eigenvalue weighted by Gasteiger charge is -2.35. The number of anilines is 1. The highest BCUT2D eigenvalue weighted by molar-refractivity contribution is 5.93. The monoisotopic (exact) mass is 482 g/mol. The summed E-state index contributed by atoms with van der Waals surface area (Å²) in [5.74, 6) is -0.163. The van der Waals surface area contributed by atoms with Crippen molar-refractivity contribution in [3.8, 4) is 11.8 Å². The van der Waals surface area contributed by atoms with Gasteiger partial charge in [-0.05, 0) is 37.6 Å². The molecule has 2 aliphatic rings. The maximum absolute atomic E-state index is 13.9. The molecule has 0 unspecified atom stereocenters. The molecule has 0 spiro atoms. The van der Waals surface area contributed by atoms with E-state index in [1.54, 1.807) is 16.7 Å². The fourth-order valence-electron chi connectivity index (χ4n) is 4.58. The van der Waals surface area contributed by atoms with Crippen LogP contribution in [0.25, 0.3) is 5.69 Å². The number of aromatic nitrogens is 1. The zero-order valence-electron chi connectivity index (χ0n) is 20.2. The normalized spacial score (nSPS) is 17.3. The first kappa shape index (κ1) is 24.9. The predicted octanol–water partition coefficient (Wildman–Crippen LogP) is 1.52. The molecule has 3 heterocycles. The van der Waals surface area contributed by atoms with Crippen molar-refractivity contribution in [3.63, 3.8) is 0 Å². The summed E-state index contributed by atoms with van der Waals surface area (Å²) in [6, 6.07) is 8.24. The number of hydrogen-bond donors (Lipinski definition) is 1. The highest BCUT2D eigenvalue weighted by Crippen LogP contribution is 2.30. The first-order chi connectivity index (χ1) is 16.9. The Bertz CT molecular complexity index is 1130. The molecule has 2 saturated heterocycles. The van der Waals surface area contributed by atoms with E-state index in [-0.39, 0.29) is 18.4 Å². The predicted molar refractivity (Wildman–Crippen MR) is 129 cm³/mol. The Balaban J connectivity index is 1.37. The topological polar surface area (TPSA) is 93.8 Å². The standard InChI is InChI=1S/C25H31FN6O3/c1-18-19(2)32(21-5-3-4-20(26)14-21)25(22(18)15-27)28-23(33)16-29-6-8-30(9-7-29)17-24(34)31-10-12-35-13-11-31/h3-5,14H,6-13,16-17H2,1-2H3,(H,28,33). The van der Waals surface area contributed by atoms with Gasteiger partial charge in [0, 0.05) is 45.0 Å². The van der Waals surface area contributed by atoms with Crippen LogP contribution >= 0.6 is 0 Å². The fourth-order valence-corrected chi connectivity index (χ4v) is 4.58. The van der Waals surface area contributed by atoms with Crippen LogP contribution in [0.4, 0.5) is 10.2 Å². The van der Waals surface area contributed by atoms with Crippen LogP contribution in [0.3, 0.4) is 0 Å². The number of nitrogens with zero attached hydrogens (tertiary/aromatic N) is 5. The first-order valence-corrected chi connectivity index (χ1v) is 11.9. The minimum absolute atomic E-state index is 0.118. The molecule has 0 bridgehead atoms. The molecule has 0 radical (unpaired) electrons. The summed E-state index contributed by atoms with van der Waals surface area (Å²) in [4.78, 5) is 31.4. The molecule has 186 valence electrons. The molecule has 0 atom stereocenters. The van der Waals surface area contributed by atoms with Crippen LogP contribution < -0.4 is 5.32 Å². The van der Waals surface area contributed by atoms with Gasteiger partial charge >= 0.3 is 0 Å². The zero-order chi connectivity index (χ0) is 24.9. The average Bonchev–Trinajstić information content (AvgIpc) is 3.09. The lowest BCUT2D eigenvalue weighted by molar-refractivity contribution is -0.137. The van der Waals surface area contributed by atoms with Crippen LogP contribution in [-0.2, 0) is 14.3 Å². The maximum Gasteiger partial charge on any atom is 0.239 e. The molecule has 9 nitrogen and oxygen atoms in total. The number of halogens is 1. The highest BCUT2D eigenvalue weighted by atomic mass is 19.1. The number of piperazine rings is 1. The van der Waals surface area contributed by atoms with Gasteiger partial charge in [-0.1, -0.05) is 6.07 Å². The van der Waals surface area contributed by atoms with Gasteiger partial charge in [-0.15, -0.1) is 0 Å². The summed E-state index contributed by atoms with van der Waals surface area (Å²) >= 11 is 0. The molecule has 2 fully saturated rings. The van der Waals surface area contributed by atoms with E-state index in [2.05, 4.69) is 16.3 Å². The molecule has 2 amide bonds. The van der Waals surface area contributed by atoms with E-state index in [1.165, 1.54) is 12.1 Å². The van der Waals surface area contributed by atoms with Crippen LogP contribution in [0.5, 0.6) is 0 Å². The number of amides is 2. The lowest BCUT2D eigenvalue weighted by atomic mass is 10.2. The molecular weight excluding hydrogens is 451 g/mol. The summed E-state index contributed by atoms with van der Waals surface area (Å²) in [6.07, 6.45) is 0. The van der Waals surface area contributed by atoms with Crippen molar-refractivity contribution in [1.29, 1.82) is 5.26 Å². The molecule has 1 aromatic heterocycles. The summed E-state index contributed by atoms with van der Waals surface area (Å²) in [5, 5.41) is 12.6. The molecule has 2 aliphatic heterocycles. The van der Waals surface area contributed by atoms with Gasteiger partial charge in [0.05, 0.1) is 37.6 Å². The molecule has 10 heteroatoms. The highest BCUT2D eigenvalue weighted by Gasteiger charge is 2.25. The third-order valence-electron chi connectivity index (χ3n) is 6.70. The van der Waals surface area contributed by atoms with Crippen molar-refractivity contribution in [2.45, 2.75) is 13.8 Å². The van der Waals surface area contributed by atoms with Crippen LogP contribution in [0.1, 0.15) is 16.8 Å². The number of rotatable bonds is 6. The van der Waals surface area contributed by atoms with E-state index < -0.39 is 5.82 Å². The Hall–Kier alpha value is -3.26. The Kier molecular flexibility index (Phi) is 7.80. The number of benzene rings is 1. The van der Waals surface area contributed by atoms with Crippen molar-refractivity contribution >= 4 is 17.6 Å². The third kappa shape index (κ3) is 5.70. The van der Waals surface area contributed by atoms with E-state index >= 15 is 0 Å². The average molecular weight is 483 g/mol. The molecule has 2 aromatic rings. The Morgan fingerprint density at radius 3 is 2.34 bits per heavy atom. The van der Waals surface area contributed by atoms with Crippen molar-refractivity contribution < 1.29 is 18.7 Å². The Labute approximate surface area is 204 Å². The molecule has 1 N–H and O–H groups in total. The summed E-state index contributed by atoms with van der Waals surface area (Å²) < 4.78 is 20.9. The lowest BCUT2D eigenvalue weighted by Crippen LogP contribution is -2.52. The number of hydrogen-bond acceptors (Lipinski definition) is 6. The van der Waals surface area contributed by atoms with E-state index in [0.29, 0.717) is 76.1 Å². The van der Waals surface area contributed by atoms with Gasteiger partial charge in [0.25, 0.3) is 0 Å². The third-order valence-corrected chi connectivity index (χ3v) is 6.70. The minimum atomic E-state index is -0.394. The number of nitrogens with one attached hydrogen (secondary N) is 1. The van der Waals surface area contributed by atoms with Gasteiger partial charge in [-0.3, -0.25) is 24.0 Å². The van der Waals surface area contributed by atoms with Crippen LogP contribution in [0.2, 0.25) is 0 Å². The molecule has 4 rings (SSSR count). The minimum Gasteiger partial charge on any atom is -0.378 e. The van der Waals surface area contributed by atoms with Gasteiger partial charge in [0.15, 0.2) is 0 Å². The number of ether oxygens (including phenoxy) is 1. The van der Waals surface area contributed by atoms with Crippen molar-refractivity contribution in [2.24, 2.45) is 0 Å². The van der Waals surface area contributed by atoms with Crippen molar-refractivity contribution in [2.75, 3.05) is 70.9 Å². The van der Waals surface area contributed by atoms with Crippen LogP contribution in [0, 0.1) is 31.0 Å². The van der Waals surface area contributed by atoms with Crippen molar-refractivity contribution in [3.05, 3.63) is 46.9 Å². The van der Waals surface area contributed by atoms with E-state index in [9.17, 15) is 19.2 Å². The van der Waals surface area contributed by atoms with Crippen LogP contribution in [-0.4, -0.2) is 96.7 Å². The van der Waals surface area contributed by atoms with Crippen LogP contribution in [0.15, 0.2) is 24.3 Å². The molecule has 0 aliphatic carbocycles. The number of carbonyl (C=O) groups excluding carboxylic acids is 2. The van der Waals surface area contributed by atoms with Crippen molar-refractivity contribution in [1.82, 2.24) is 19.3 Å². The van der Waals surface area contributed by atoms with E-state index in [1.807, 2.05) is 23.6 Å². The van der Waals surface area contributed by atoms with Gasteiger partial charge < -0.3 is 15.0 Å². The second-order valence-electron chi connectivity index (χ2n) is 8.95. The molecule has 35 heavy (non-hydrogen) atoms. The van der Waals surface area contributed by atoms with Gasteiger partial charge in [0.2, 0.25) is 11.8 Å².